The zero-order valence-electron chi connectivity index (χ0n) is 10.8. The van der Waals surface area contributed by atoms with E-state index in [-0.39, 0.29) is 0 Å². The molecule has 1 aliphatic heterocycles. The third-order valence-electron chi connectivity index (χ3n) is 3.30. The van der Waals surface area contributed by atoms with Gasteiger partial charge >= 0.3 is 0 Å². The number of anilines is 1. The molecule has 0 unspecified atom stereocenters. The third kappa shape index (κ3) is 2.64. The van der Waals surface area contributed by atoms with Gasteiger partial charge in [-0.2, -0.15) is 4.98 Å². The van der Waals surface area contributed by atoms with Gasteiger partial charge in [0.15, 0.2) is 5.82 Å². The lowest BCUT2D eigenvalue weighted by molar-refractivity contribution is 0.580. The lowest BCUT2D eigenvalue weighted by Crippen LogP contribution is -2.44. The summed E-state index contributed by atoms with van der Waals surface area (Å²) in [6, 6.07) is 6.18. The number of benzene rings is 1. The number of piperazine rings is 1. The highest BCUT2D eigenvalue weighted by molar-refractivity contribution is 9.10. The minimum Gasteiger partial charge on any atom is -0.337 e. The Balaban J connectivity index is 1.85. The van der Waals surface area contributed by atoms with Gasteiger partial charge in [0.2, 0.25) is 5.95 Å². The van der Waals surface area contributed by atoms with Gasteiger partial charge in [-0.1, -0.05) is 22.0 Å². The lowest BCUT2D eigenvalue weighted by atomic mass is 10.1. The molecule has 2 N–H and O–H groups in total. The Morgan fingerprint density at radius 1 is 1.26 bits per heavy atom. The maximum atomic E-state index is 4.59. The van der Waals surface area contributed by atoms with Crippen LogP contribution in [-0.4, -0.2) is 41.4 Å². The maximum Gasteiger partial charge on any atom is 0.245 e. The largest absolute Gasteiger partial charge is 0.337 e. The molecule has 1 aliphatic rings. The van der Waals surface area contributed by atoms with Crippen molar-refractivity contribution in [2.24, 2.45) is 0 Å². The molecule has 0 spiro atoms. The summed E-state index contributed by atoms with van der Waals surface area (Å²) in [5.74, 6) is 1.61. The van der Waals surface area contributed by atoms with E-state index in [1.807, 2.05) is 12.1 Å². The number of aryl methyl sites for hydroxylation is 1. The smallest absolute Gasteiger partial charge is 0.245 e. The molecule has 6 heteroatoms. The van der Waals surface area contributed by atoms with E-state index in [9.17, 15) is 0 Å². The van der Waals surface area contributed by atoms with Crippen molar-refractivity contribution in [1.82, 2.24) is 20.5 Å². The van der Waals surface area contributed by atoms with Crippen LogP contribution in [0.4, 0.5) is 5.95 Å². The second kappa shape index (κ2) is 5.30. The highest BCUT2D eigenvalue weighted by atomic mass is 79.9. The van der Waals surface area contributed by atoms with Gasteiger partial charge in [-0.25, -0.2) is 0 Å². The van der Waals surface area contributed by atoms with Crippen molar-refractivity contribution in [2.75, 3.05) is 31.1 Å². The van der Waals surface area contributed by atoms with Crippen LogP contribution < -0.4 is 10.2 Å². The van der Waals surface area contributed by atoms with Gasteiger partial charge in [0.05, 0.1) is 0 Å². The van der Waals surface area contributed by atoms with Gasteiger partial charge in [0.1, 0.15) is 0 Å². The third-order valence-corrected chi connectivity index (χ3v) is 4.19. The molecule has 0 aliphatic carbocycles. The summed E-state index contributed by atoms with van der Waals surface area (Å²) in [7, 11) is 0. The maximum absolute atomic E-state index is 4.59. The van der Waals surface area contributed by atoms with Crippen molar-refractivity contribution in [3.05, 3.63) is 28.2 Å². The number of hydrogen-bond acceptors (Lipinski definition) is 4. The molecule has 2 heterocycles. The van der Waals surface area contributed by atoms with E-state index < -0.39 is 0 Å². The monoisotopic (exact) mass is 321 g/mol. The average Bonchev–Trinajstić information content (AvgIpc) is 2.93. The van der Waals surface area contributed by atoms with Gasteiger partial charge in [-0.05, 0) is 24.6 Å². The second-order valence-corrected chi connectivity index (χ2v) is 5.54. The first-order chi connectivity index (χ1) is 9.24. The van der Waals surface area contributed by atoms with Gasteiger partial charge in [-0.15, -0.1) is 5.10 Å². The Hall–Kier alpha value is -1.40. The first-order valence-electron chi connectivity index (χ1n) is 6.38. The first kappa shape index (κ1) is 12.6. The molecule has 0 bridgehead atoms. The first-order valence-corrected chi connectivity index (χ1v) is 7.18. The molecule has 0 atom stereocenters. The van der Waals surface area contributed by atoms with Crippen LogP contribution in [0.3, 0.4) is 0 Å². The van der Waals surface area contributed by atoms with Crippen molar-refractivity contribution >= 4 is 21.9 Å². The standard InChI is InChI=1S/C13H16BrN5/c1-9-8-10(2-3-11(9)14)12-16-13(18-17-12)19-6-4-15-5-7-19/h2-3,8,15H,4-7H2,1H3,(H,16,17,18). The molecule has 1 saturated heterocycles. The Bertz CT molecular complexity index is 574. The van der Waals surface area contributed by atoms with Crippen LogP contribution in [0.25, 0.3) is 11.4 Å². The van der Waals surface area contributed by atoms with Crippen molar-refractivity contribution in [1.29, 1.82) is 0 Å². The Morgan fingerprint density at radius 3 is 2.79 bits per heavy atom. The topological polar surface area (TPSA) is 56.8 Å². The summed E-state index contributed by atoms with van der Waals surface area (Å²) in [5.41, 5.74) is 2.26. The number of hydrogen-bond donors (Lipinski definition) is 2. The van der Waals surface area contributed by atoms with Crippen LogP contribution in [0.1, 0.15) is 5.56 Å². The quantitative estimate of drug-likeness (QED) is 0.887. The number of H-pyrrole nitrogens is 1. The number of nitrogens with zero attached hydrogens (tertiary/aromatic N) is 3. The van der Waals surface area contributed by atoms with E-state index in [4.69, 9.17) is 0 Å². The summed E-state index contributed by atoms with van der Waals surface area (Å²) in [4.78, 5) is 6.79. The van der Waals surface area contributed by atoms with E-state index in [1.165, 1.54) is 5.56 Å². The van der Waals surface area contributed by atoms with Gasteiger partial charge < -0.3 is 10.2 Å². The van der Waals surface area contributed by atoms with Crippen molar-refractivity contribution in [3.8, 4) is 11.4 Å². The number of rotatable bonds is 2. The summed E-state index contributed by atoms with van der Waals surface area (Å²) in [6.45, 7) is 5.96. The summed E-state index contributed by atoms with van der Waals surface area (Å²) in [5, 5.41) is 10.7. The predicted molar refractivity (Wildman–Crippen MR) is 79.3 cm³/mol. The van der Waals surface area contributed by atoms with Crippen molar-refractivity contribution in [2.45, 2.75) is 6.92 Å². The van der Waals surface area contributed by atoms with Crippen LogP contribution in [-0.2, 0) is 0 Å². The van der Waals surface area contributed by atoms with Crippen LogP contribution in [0.5, 0.6) is 0 Å². The molecule has 1 fully saturated rings. The molecule has 1 aromatic carbocycles. The van der Waals surface area contributed by atoms with Crippen molar-refractivity contribution in [3.63, 3.8) is 0 Å². The molecular formula is C13H16BrN5. The summed E-state index contributed by atoms with van der Waals surface area (Å²) in [6.07, 6.45) is 0. The van der Waals surface area contributed by atoms with Gasteiger partial charge in [0, 0.05) is 36.2 Å². The van der Waals surface area contributed by atoms with E-state index in [2.05, 4.69) is 54.3 Å². The molecule has 2 aromatic rings. The lowest BCUT2D eigenvalue weighted by Gasteiger charge is -2.25. The molecule has 100 valence electrons. The van der Waals surface area contributed by atoms with E-state index in [0.29, 0.717) is 0 Å². The number of aromatic nitrogens is 3. The van der Waals surface area contributed by atoms with Gasteiger partial charge in [-0.3, -0.25) is 5.10 Å². The highest BCUT2D eigenvalue weighted by Gasteiger charge is 2.15. The molecule has 0 saturated carbocycles. The van der Waals surface area contributed by atoms with E-state index >= 15 is 0 Å². The fourth-order valence-corrected chi connectivity index (χ4v) is 2.43. The Kier molecular flexibility index (Phi) is 3.52. The summed E-state index contributed by atoms with van der Waals surface area (Å²) >= 11 is 3.51. The SMILES string of the molecule is Cc1cc(-c2nc(N3CCNCC3)n[nH]2)ccc1Br. The van der Waals surface area contributed by atoms with Crippen LogP contribution in [0, 0.1) is 6.92 Å². The van der Waals surface area contributed by atoms with Crippen molar-refractivity contribution < 1.29 is 0 Å². The van der Waals surface area contributed by atoms with E-state index in [0.717, 1.165) is 48.0 Å². The Morgan fingerprint density at radius 2 is 2.05 bits per heavy atom. The molecule has 1 aromatic heterocycles. The fourth-order valence-electron chi connectivity index (χ4n) is 2.18. The zero-order valence-corrected chi connectivity index (χ0v) is 12.4. The van der Waals surface area contributed by atoms with Crippen LogP contribution >= 0.6 is 15.9 Å². The highest BCUT2D eigenvalue weighted by Crippen LogP contribution is 2.23. The minimum absolute atomic E-state index is 0.789. The average molecular weight is 322 g/mol. The van der Waals surface area contributed by atoms with Crippen LogP contribution in [0.2, 0.25) is 0 Å². The molecule has 0 amide bonds. The summed E-state index contributed by atoms with van der Waals surface area (Å²) < 4.78 is 1.11. The van der Waals surface area contributed by atoms with Crippen LogP contribution in [0.15, 0.2) is 22.7 Å². The second-order valence-electron chi connectivity index (χ2n) is 4.69. The number of aromatic amines is 1. The molecule has 0 radical (unpaired) electrons. The molecule has 19 heavy (non-hydrogen) atoms. The minimum atomic E-state index is 0.789. The molecule has 5 nitrogen and oxygen atoms in total. The molecular weight excluding hydrogens is 306 g/mol. The fraction of sp³-hybridized carbons (Fsp3) is 0.385. The zero-order chi connectivity index (χ0) is 13.2. The normalized spacial score (nSPS) is 15.8. The van der Waals surface area contributed by atoms with Gasteiger partial charge in [0.25, 0.3) is 0 Å². The Labute approximate surface area is 120 Å². The number of nitrogens with one attached hydrogen (secondary N) is 2. The predicted octanol–water partition coefficient (Wildman–Crippen LogP) is 1.95. The number of halogens is 1. The van der Waals surface area contributed by atoms with E-state index in [1.54, 1.807) is 0 Å². The molecule has 3 rings (SSSR count).